The van der Waals surface area contributed by atoms with Crippen molar-refractivity contribution in [1.82, 2.24) is 4.98 Å². The second-order valence-electron chi connectivity index (χ2n) is 5.88. The van der Waals surface area contributed by atoms with Crippen LogP contribution in [0.2, 0.25) is 0 Å². The Bertz CT molecular complexity index is 677. The number of rotatable bonds is 5. The van der Waals surface area contributed by atoms with Crippen molar-refractivity contribution in [2.75, 3.05) is 5.32 Å². The van der Waals surface area contributed by atoms with Gasteiger partial charge >= 0.3 is 0 Å². The highest BCUT2D eigenvalue weighted by molar-refractivity contribution is 7.13. The van der Waals surface area contributed by atoms with E-state index in [1.54, 1.807) is 6.07 Å². The van der Waals surface area contributed by atoms with Gasteiger partial charge < -0.3 is 10.4 Å². The van der Waals surface area contributed by atoms with Crippen molar-refractivity contribution in [3.05, 3.63) is 44.9 Å². The topological polar surface area (TPSA) is 62.2 Å². The largest absolute Gasteiger partial charge is 0.392 e. The number of hydrogen-bond acceptors (Lipinski definition) is 4. The predicted octanol–water partition coefficient (Wildman–Crippen LogP) is 3.70. The van der Waals surface area contributed by atoms with Crippen molar-refractivity contribution >= 4 is 22.9 Å². The fraction of sp³-hybridized carbons (Fsp3) is 0.412. The molecule has 1 aromatic carbocycles. The van der Waals surface area contributed by atoms with E-state index in [0.717, 1.165) is 33.9 Å². The average molecular weight is 318 g/mol. The molecule has 22 heavy (non-hydrogen) atoms. The maximum atomic E-state index is 12.5. The van der Waals surface area contributed by atoms with E-state index in [0.29, 0.717) is 10.8 Å². The molecule has 1 heterocycles. The summed E-state index contributed by atoms with van der Waals surface area (Å²) in [6.45, 7) is 8.04. The average Bonchev–Trinajstić information content (AvgIpc) is 2.81. The fourth-order valence-electron chi connectivity index (χ4n) is 2.18. The van der Waals surface area contributed by atoms with Crippen LogP contribution < -0.4 is 5.32 Å². The zero-order valence-electron chi connectivity index (χ0n) is 13.4. The van der Waals surface area contributed by atoms with E-state index >= 15 is 0 Å². The molecule has 0 fully saturated rings. The number of nitrogens with zero attached hydrogens (tertiary/aromatic N) is 1. The molecule has 5 heteroatoms. The van der Waals surface area contributed by atoms with E-state index in [1.807, 2.05) is 26.0 Å². The Morgan fingerprint density at radius 3 is 2.73 bits per heavy atom. The molecule has 1 aromatic heterocycles. The van der Waals surface area contributed by atoms with E-state index in [2.05, 4.69) is 24.1 Å². The van der Waals surface area contributed by atoms with Crippen molar-refractivity contribution in [1.29, 1.82) is 0 Å². The highest BCUT2D eigenvalue weighted by Gasteiger charge is 2.16. The van der Waals surface area contributed by atoms with Crippen molar-refractivity contribution in [2.24, 2.45) is 5.92 Å². The lowest BCUT2D eigenvalue weighted by Gasteiger charge is -2.09. The van der Waals surface area contributed by atoms with Gasteiger partial charge in [0.25, 0.3) is 5.91 Å². The summed E-state index contributed by atoms with van der Waals surface area (Å²) in [6, 6.07) is 5.55. The molecular weight excluding hydrogens is 296 g/mol. The minimum absolute atomic E-state index is 0.0404. The first kappa shape index (κ1) is 16.6. The van der Waals surface area contributed by atoms with Crippen LogP contribution >= 0.6 is 11.3 Å². The molecule has 0 spiro atoms. The van der Waals surface area contributed by atoms with Gasteiger partial charge in [0, 0.05) is 12.1 Å². The number of anilines is 1. The number of aromatic nitrogens is 1. The quantitative estimate of drug-likeness (QED) is 0.883. The Labute approximate surface area is 135 Å². The number of nitrogens with one attached hydrogen (secondary N) is 1. The van der Waals surface area contributed by atoms with Gasteiger partial charge in [-0.25, -0.2) is 4.98 Å². The Morgan fingerprint density at radius 2 is 2.09 bits per heavy atom. The standard InChI is InChI=1S/C17H22N2O2S/c1-10(2)7-15-18-12(4)16(22-15)17(21)19-14-8-13(9-20)6-5-11(14)3/h5-6,8,10,20H,7,9H2,1-4H3,(H,19,21). The van der Waals surface area contributed by atoms with Crippen LogP contribution in [0.5, 0.6) is 0 Å². The lowest BCUT2D eigenvalue weighted by Crippen LogP contribution is -2.12. The minimum Gasteiger partial charge on any atom is -0.392 e. The van der Waals surface area contributed by atoms with Crippen molar-refractivity contribution in [2.45, 2.75) is 40.7 Å². The number of aliphatic hydroxyl groups excluding tert-OH is 1. The van der Waals surface area contributed by atoms with Gasteiger partial charge in [0.05, 0.1) is 17.3 Å². The van der Waals surface area contributed by atoms with Gasteiger partial charge in [-0.15, -0.1) is 11.3 Å². The van der Waals surface area contributed by atoms with E-state index in [-0.39, 0.29) is 12.5 Å². The molecule has 0 saturated carbocycles. The molecule has 0 bridgehead atoms. The summed E-state index contributed by atoms with van der Waals surface area (Å²) in [4.78, 5) is 17.6. The summed E-state index contributed by atoms with van der Waals surface area (Å²) in [5, 5.41) is 13.1. The lowest BCUT2D eigenvalue weighted by atomic mass is 10.1. The van der Waals surface area contributed by atoms with Gasteiger partial charge in [0.15, 0.2) is 0 Å². The van der Waals surface area contributed by atoms with Crippen LogP contribution in [0, 0.1) is 19.8 Å². The third-order valence-electron chi connectivity index (χ3n) is 3.36. The zero-order valence-corrected chi connectivity index (χ0v) is 14.3. The van der Waals surface area contributed by atoms with Gasteiger partial charge in [0.2, 0.25) is 0 Å². The molecule has 0 unspecified atom stereocenters. The summed E-state index contributed by atoms with van der Waals surface area (Å²) < 4.78 is 0. The van der Waals surface area contributed by atoms with Crippen LogP contribution in [0.15, 0.2) is 18.2 Å². The number of carbonyl (C=O) groups is 1. The fourth-order valence-corrected chi connectivity index (χ4v) is 3.35. The summed E-state index contributed by atoms with van der Waals surface area (Å²) >= 11 is 1.46. The minimum atomic E-state index is -0.136. The maximum absolute atomic E-state index is 12.5. The third kappa shape index (κ3) is 3.93. The van der Waals surface area contributed by atoms with Crippen LogP contribution in [-0.2, 0) is 13.0 Å². The van der Waals surface area contributed by atoms with Crippen LogP contribution in [0.4, 0.5) is 5.69 Å². The molecule has 2 aromatic rings. The molecule has 1 amide bonds. The Kier molecular flexibility index (Phi) is 5.32. The normalized spacial score (nSPS) is 11.0. The molecule has 0 aliphatic heterocycles. The number of amides is 1. The molecule has 0 aliphatic rings. The number of aryl methyl sites for hydroxylation is 2. The van der Waals surface area contributed by atoms with Crippen LogP contribution in [-0.4, -0.2) is 16.0 Å². The molecule has 0 saturated heterocycles. The van der Waals surface area contributed by atoms with Gasteiger partial charge in [-0.05, 0) is 37.0 Å². The van der Waals surface area contributed by atoms with Crippen LogP contribution in [0.25, 0.3) is 0 Å². The molecule has 0 aliphatic carbocycles. The number of hydrogen-bond donors (Lipinski definition) is 2. The Hall–Kier alpha value is -1.72. The molecule has 0 atom stereocenters. The van der Waals surface area contributed by atoms with Gasteiger partial charge in [-0.2, -0.15) is 0 Å². The molecule has 118 valence electrons. The summed E-state index contributed by atoms with van der Waals surface area (Å²) in [6.07, 6.45) is 0.887. The van der Waals surface area contributed by atoms with E-state index in [9.17, 15) is 9.90 Å². The molecular formula is C17H22N2O2S. The van der Waals surface area contributed by atoms with Crippen molar-refractivity contribution < 1.29 is 9.90 Å². The zero-order chi connectivity index (χ0) is 16.3. The van der Waals surface area contributed by atoms with E-state index < -0.39 is 0 Å². The molecule has 0 radical (unpaired) electrons. The highest BCUT2D eigenvalue weighted by atomic mass is 32.1. The van der Waals surface area contributed by atoms with Gasteiger partial charge in [-0.1, -0.05) is 26.0 Å². The SMILES string of the molecule is Cc1ccc(CO)cc1NC(=O)c1sc(CC(C)C)nc1C. The van der Waals surface area contributed by atoms with Crippen LogP contribution in [0.1, 0.15) is 45.3 Å². The van der Waals surface area contributed by atoms with E-state index in [4.69, 9.17) is 0 Å². The van der Waals surface area contributed by atoms with E-state index in [1.165, 1.54) is 11.3 Å². The first-order valence-electron chi connectivity index (χ1n) is 7.38. The third-order valence-corrected chi connectivity index (χ3v) is 4.54. The maximum Gasteiger partial charge on any atom is 0.267 e. The first-order chi connectivity index (χ1) is 10.4. The van der Waals surface area contributed by atoms with Crippen molar-refractivity contribution in [3.8, 4) is 0 Å². The summed E-state index contributed by atoms with van der Waals surface area (Å²) in [7, 11) is 0. The Morgan fingerprint density at radius 1 is 1.36 bits per heavy atom. The van der Waals surface area contributed by atoms with Crippen LogP contribution in [0.3, 0.4) is 0 Å². The lowest BCUT2D eigenvalue weighted by molar-refractivity contribution is 0.102. The number of aliphatic hydroxyl groups is 1. The van der Waals surface area contributed by atoms with Crippen molar-refractivity contribution in [3.63, 3.8) is 0 Å². The first-order valence-corrected chi connectivity index (χ1v) is 8.20. The summed E-state index contributed by atoms with van der Waals surface area (Å²) in [5.41, 5.74) is 3.25. The second kappa shape index (κ2) is 7.03. The second-order valence-corrected chi connectivity index (χ2v) is 6.97. The monoisotopic (exact) mass is 318 g/mol. The number of carbonyl (C=O) groups excluding carboxylic acids is 1. The Balaban J connectivity index is 2.20. The smallest absolute Gasteiger partial charge is 0.267 e. The molecule has 2 rings (SSSR count). The van der Waals surface area contributed by atoms with Gasteiger partial charge in [-0.3, -0.25) is 4.79 Å². The molecule has 4 nitrogen and oxygen atoms in total. The molecule has 2 N–H and O–H groups in total. The summed E-state index contributed by atoms with van der Waals surface area (Å²) in [5.74, 6) is 0.383. The number of benzene rings is 1. The number of thiazole rings is 1. The predicted molar refractivity (Wildman–Crippen MR) is 90.4 cm³/mol. The van der Waals surface area contributed by atoms with Gasteiger partial charge in [0.1, 0.15) is 4.88 Å². The highest BCUT2D eigenvalue weighted by Crippen LogP contribution is 2.23.